The summed E-state index contributed by atoms with van der Waals surface area (Å²) in [5.41, 5.74) is 0.116. The van der Waals surface area contributed by atoms with E-state index in [1.807, 2.05) is 30.3 Å². The minimum Gasteiger partial charge on any atom is -0.380 e. The summed E-state index contributed by atoms with van der Waals surface area (Å²) in [6.07, 6.45) is 0.813. The van der Waals surface area contributed by atoms with E-state index in [2.05, 4.69) is 4.72 Å². The van der Waals surface area contributed by atoms with Gasteiger partial charge in [0.1, 0.15) is 0 Å². The van der Waals surface area contributed by atoms with Crippen molar-refractivity contribution in [2.24, 2.45) is 0 Å². The fraction of sp³-hybridized carbons (Fsp3) is 0.625. The summed E-state index contributed by atoms with van der Waals surface area (Å²) in [7, 11) is -1.90. The minimum absolute atomic E-state index is 0.0672. The minimum atomic E-state index is -3.42. The molecule has 22 heavy (non-hydrogen) atoms. The van der Waals surface area contributed by atoms with Crippen LogP contribution in [-0.2, 0) is 24.9 Å². The van der Waals surface area contributed by atoms with Gasteiger partial charge in [-0.25, -0.2) is 13.1 Å². The molecule has 1 aromatic carbocycles. The zero-order valence-corrected chi connectivity index (χ0v) is 14.3. The molecule has 1 unspecified atom stereocenters. The highest BCUT2D eigenvalue weighted by Crippen LogP contribution is 2.32. The summed E-state index contributed by atoms with van der Waals surface area (Å²) in [6, 6.07) is 9.96. The van der Waals surface area contributed by atoms with Gasteiger partial charge in [-0.05, 0) is 25.8 Å². The number of ether oxygens (including phenoxy) is 2. The second-order valence-corrected chi connectivity index (χ2v) is 8.30. The summed E-state index contributed by atoms with van der Waals surface area (Å²) in [5, 5.41) is 0. The third-order valence-electron chi connectivity index (χ3n) is 4.21. The number of sulfonamides is 1. The van der Waals surface area contributed by atoms with E-state index in [9.17, 15) is 8.42 Å². The van der Waals surface area contributed by atoms with Crippen LogP contribution in [0.2, 0.25) is 0 Å². The summed E-state index contributed by atoms with van der Waals surface area (Å²) in [5.74, 6) is -0.0672. The maximum Gasteiger partial charge on any atom is 0.214 e. The van der Waals surface area contributed by atoms with Gasteiger partial charge in [-0.3, -0.25) is 0 Å². The Bertz CT molecular complexity index is 577. The Hall–Kier alpha value is -0.950. The SMILES string of the molecule is COC(C)(C)CS(=O)(=O)NCC1(c2ccccc2)CCOC1. The van der Waals surface area contributed by atoms with E-state index < -0.39 is 15.6 Å². The number of nitrogens with one attached hydrogen (secondary N) is 1. The predicted molar refractivity (Wildman–Crippen MR) is 86.4 cm³/mol. The number of methoxy groups -OCH3 is 1. The van der Waals surface area contributed by atoms with Gasteiger partial charge in [0.15, 0.2) is 0 Å². The van der Waals surface area contributed by atoms with Crippen LogP contribution in [0.3, 0.4) is 0 Å². The van der Waals surface area contributed by atoms with E-state index in [-0.39, 0.29) is 11.2 Å². The monoisotopic (exact) mass is 327 g/mol. The maximum atomic E-state index is 12.3. The molecule has 1 N–H and O–H groups in total. The number of rotatable bonds is 7. The molecule has 0 bridgehead atoms. The first-order valence-corrected chi connectivity index (χ1v) is 9.10. The van der Waals surface area contributed by atoms with E-state index in [1.54, 1.807) is 13.8 Å². The average Bonchev–Trinajstić information content (AvgIpc) is 2.95. The number of benzene rings is 1. The van der Waals surface area contributed by atoms with Gasteiger partial charge in [-0.1, -0.05) is 30.3 Å². The Morgan fingerprint density at radius 2 is 2.00 bits per heavy atom. The molecule has 2 rings (SSSR count). The fourth-order valence-corrected chi connectivity index (χ4v) is 4.32. The van der Waals surface area contributed by atoms with Crippen molar-refractivity contribution in [1.82, 2.24) is 4.72 Å². The summed E-state index contributed by atoms with van der Waals surface area (Å²) < 4.78 is 38.1. The predicted octanol–water partition coefficient (Wildman–Crippen LogP) is 1.69. The molecule has 6 heteroatoms. The number of hydrogen-bond acceptors (Lipinski definition) is 4. The van der Waals surface area contributed by atoms with Crippen LogP contribution in [0.5, 0.6) is 0 Å². The van der Waals surface area contributed by atoms with Crippen LogP contribution in [0.25, 0.3) is 0 Å². The van der Waals surface area contributed by atoms with Crippen LogP contribution in [0, 0.1) is 0 Å². The van der Waals surface area contributed by atoms with Gasteiger partial charge in [-0.15, -0.1) is 0 Å². The van der Waals surface area contributed by atoms with Crippen molar-refractivity contribution in [1.29, 1.82) is 0 Å². The van der Waals surface area contributed by atoms with Gasteiger partial charge >= 0.3 is 0 Å². The van der Waals surface area contributed by atoms with E-state index in [4.69, 9.17) is 9.47 Å². The normalized spacial score (nSPS) is 22.9. The molecule has 1 aliphatic rings. The standard InChI is InChI=1S/C16H25NO4S/c1-15(2,20-3)13-22(18,19)17-11-16(9-10-21-12-16)14-7-5-4-6-8-14/h4-8,17H,9-13H2,1-3H3. The zero-order chi connectivity index (χ0) is 16.3. The molecule has 0 aromatic heterocycles. The molecule has 0 radical (unpaired) electrons. The van der Waals surface area contributed by atoms with E-state index in [1.165, 1.54) is 7.11 Å². The van der Waals surface area contributed by atoms with Gasteiger partial charge < -0.3 is 9.47 Å². The van der Waals surface area contributed by atoms with Crippen LogP contribution < -0.4 is 4.72 Å². The van der Waals surface area contributed by atoms with Gasteiger partial charge in [0, 0.05) is 25.7 Å². The molecule has 5 nitrogen and oxygen atoms in total. The lowest BCUT2D eigenvalue weighted by Crippen LogP contribution is -2.45. The third-order valence-corrected chi connectivity index (χ3v) is 5.87. The van der Waals surface area contributed by atoms with Crippen LogP contribution >= 0.6 is 0 Å². The fourth-order valence-electron chi connectivity index (χ4n) is 2.68. The quantitative estimate of drug-likeness (QED) is 0.828. The number of hydrogen-bond donors (Lipinski definition) is 1. The zero-order valence-electron chi connectivity index (χ0n) is 13.5. The molecule has 1 heterocycles. The second kappa shape index (κ2) is 6.66. The molecule has 1 aromatic rings. The van der Waals surface area contributed by atoms with Crippen molar-refractivity contribution >= 4 is 10.0 Å². The maximum absolute atomic E-state index is 12.3. The Morgan fingerprint density at radius 1 is 1.32 bits per heavy atom. The Labute approximate surface area is 133 Å². The van der Waals surface area contributed by atoms with Crippen LogP contribution in [0.15, 0.2) is 30.3 Å². The van der Waals surface area contributed by atoms with E-state index in [0.717, 1.165) is 12.0 Å². The lowest BCUT2D eigenvalue weighted by atomic mass is 9.80. The Balaban J connectivity index is 2.10. The van der Waals surface area contributed by atoms with Crippen LogP contribution in [-0.4, -0.2) is 46.6 Å². The van der Waals surface area contributed by atoms with Gasteiger partial charge in [0.05, 0.1) is 18.0 Å². The topological polar surface area (TPSA) is 64.6 Å². The molecule has 0 aliphatic carbocycles. The lowest BCUT2D eigenvalue weighted by molar-refractivity contribution is 0.0423. The van der Waals surface area contributed by atoms with Gasteiger partial charge in [0.25, 0.3) is 0 Å². The Kier molecular flexibility index (Phi) is 5.27. The van der Waals surface area contributed by atoms with E-state index in [0.29, 0.717) is 19.8 Å². The van der Waals surface area contributed by atoms with Crippen molar-refractivity contribution in [3.05, 3.63) is 35.9 Å². The first-order chi connectivity index (χ1) is 10.3. The largest absolute Gasteiger partial charge is 0.380 e. The van der Waals surface area contributed by atoms with Crippen molar-refractivity contribution in [3.63, 3.8) is 0 Å². The van der Waals surface area contributed by atoms with Crippen molar-refractivity contribution in [2.45, 2.75) is 31.3 Å². The first kappa shape index (κ1) is 17.4. The van der Waals surface area contributed by atoms with Crippen molar-refractivity contribution in [2.75, 3.05) is 32.6 Å². The van der Waals surface area contributed by atoms with Crippen LogP contribution in [0.4, 0.5) is 0 Å². The molecule has 0 amide bonds. The van der Waals surface area contributed by atoms with Crippen molar-refractivity contribution < 1.29 is 17.9 Å². The summed E-state index contributed by atoms with van der Waals surface area (Å²) >= 11 is 0. The molecular weight excluding hydrogens is 302 g/mol. The molecular formula is C16H25NO4S. The molecule has 1 saturated heterocycles. The lowest BCUT2D eigenvalue weighted by Gasteiger charge is -2.29. The highest BCUT2D eigenvalue weighted by molar-refractivity contribution is 7.89. The molecule has 1 fully saturated rings. The van der Waals surface area contributed by atoms with Crippen LogP contribution in [0.1, 0.15) is 25.8 Å². The van der Waals surface area contributed by atoms with Gasteiger partial charge in [0.2, 0.25) is 10.0 Å². The smallest absolute Gasteiger partial charge is 0.214 e. The highest BCUT2D eigenvalue weighted by Gasteiger charge is 2.38. The summed E-state index contributed by atoms with van der Waals surface area (Å²) in [4.78, 5) is 0. The molecule has 0 saturated carbocycles. The van der Waals surface area contributed by atoms with Crippen molar-refractivity contribution in [3.8, 4) is 0 Å². The average molecular weight is 327 g/mol. The molecule has 0 spiro atoms. The third kappa shape index (κ3) is 4.29. The molecule has 1 aliphatic heterocycles. The van der Waals surface area contributed by atoms with E-state index >= 15 is 0 Å². The molecule has 124 valence electrons. The van der Waals surface area contributed by atoms with Gasteiger partial charge in [-0.2, -0.15) is 0 Å². The second-order valence-electron chi connectivity index (χ2n) is 6.49. The highest BCUT2D eigenvalue weighted by atomic mass is 32.2. The summed E-state index contributed by atoms with van der Waals surface area (Å²) in [6.45, 7) is 5.06. The first-order valence-electron chi connectivity index (χ1n) is 7.44. The Morgan fingerprint density at radius 3 is 2.55 bits per heavy atom. The molecule has 1 atom stereocenters.